The molecular weight excluding hydrogens is 306 g/mol. The molecule has 2 amide bonds. The van der Waals surface area contributed by atoms with E-state index in [1.165, 1.54) is 0 Å². The normalized spacial score (nSPS) is 13.1. The van der Waals surface area contributed by atoms with Gasteiger partial charge in [-0.2, -0.15) is 0 Å². The largest absolute Gasteiger partial charge is 0.482 e. The Bertz CT molecular complexity index is 946. The molecule has 0 fully saturated rings. The van der Waals surface area contributed by atoms with E-state index >= 15 is 0 Å². The molecule has 0 radical (unpaired) electrons. The molecule has 0 saturated heterocycles. The van der Waals surface area contributed by atoms with E-state index in [0.29, 0.717) is 17.1 Å². The summed E-state index contributed by atoms with van der Waals surface area (Å²) in [5.74, 6) is 0.262. The summed E-state index contributed by atoms with van der Waals surface area (Å²) in [5, 5.41) is 6.62. The van der Waals surface area contributed by atoms with Gasteiger partial charge >= 0.3 is 0 Å². The summed E-state index contributed by atoms with van der Waals surface area (Å²) in [5.41, 5.74) is 3.21. The van der Waals surface area contributed by atoms with Crippen LogP contribution in [0, 0.1) is 0 Å². The average molecular weight is 321 g/mol. The van der Waals surface area contributed by atoms with Gasteiger partial charge in [0.15, 0.2) is 6.61 Å². The summed E-state index contributed by atoms with van der Waals surface area (Å²) in [6, 6.07) is 13.0. The van der Waals surface area contributed by atoms with Crippen LogP contribution in [0.2, 0.25) is 0 Å². The summed E-state index contributed by atoms with van der Waals surface area (Å²) < 4.78 is 5.35. The maximum Gasteiger partial charge on any atom is 0.262 e. The van der Waals surface area contributed by atoms with Crippen LogP contribution in [0.25, 0.3) is 10.9 Å². The highest BCUT2D eigenvalue weighted by Crippen LogP contribution is 2.30. The number of aromatic amines is 1. The van der Waals surface area contributed by atoms with Gasteiger partial charge in [0.1, 0.15) is 5.75 Å². The van der Waals surface area contributed by atoms with E-state index in [9.17, 15) is 9.59 Å². The maximum absolute atomic E-state index is 12.3. The third-order valence-electron chi connectivity index (χ3n) is 3.92. The fraction of sp³-hybridized carbons (Fsp3) is 0.111. The van der Waals surface area contributed by atoms with E-state index in [1.807, 2.05) is 30.5 Å². The van der Waals surface area contributed by atoms with Crippen molar-refractivity contribution < 1.29 is 14.3 Å². The highest BCUT2D eigenvalue weighted by atomic mass is 16.5. The molecule has 1 aliphatic rings. The van der Waals surface area contributed by atoms with Crippen LogP contribution in [-0.4, -0.2) is 23.4 Å². The number of hydrogen-bond acceptors (Lipinski definition) is 3. The van der Waals surface area contributed by atoms with Crippen molar-refractivity contribution in [2.75, 3.05) is 17.2 Å². The first-order valence-corrected chi connectivity index (χ1v) is 7.60. The monoisotopic (exact) mass is 321 g/mol. The summed E-state index contributed by atoms with van der Waals surface area (Å²) in [6.07, 6.45) is 2.13. The van der Waals surface area contributed by atoms with Crippen LogP contribution in [0.5, 0.6) is 5.75 Å². The van der Waals surface area contributed by atoms with Crippen LogP contribution < -0.4 is 15.4 Å². The third-order valence-corrected chi connectivity index (χ3v) is 3.92. The number of aromatic nitrogens is 1. The van der Waals surface area contributed by atoms with Gasteiger partial charge in [-0.25, -0.2) is 0 Å². The molecule has 6 heteroatoms. The fourth-order valence-electron chi connectivity index (χ4n) is 2.81. The number of fused-ring (bicyclic) bond motifs is 2. The number of nitrogens with one attached hydrogen (secondary N) is 3. The minimum Gasteiger partial charge on any atom is -0.482 e. The van der Waals surface area contributed by atoms with Crippen molar-refractivity contribution in [1.29, 1.82) is 0 Å². The highest BCUT2D eigenvalue weighted by molar-refractivity contribution is 5.98. The second kappa shape index (κ2) is 5.73. The molecule has 0 aliphatic carbocycles. The molecule has 6 nitrogen and oxygen atoms in total. The zero-order valence-corrected chi connectivity index (χ0v) is 12.8. The van der Waals surface area contributed by atoms with Crippen molar-refractivity contribution >= 4 is 34.1 Å². The summed E-state index contributed by atoms with van der Waals surface area (Å²) in [7, 11) is 0. The number of rotatable bonds is 3. The number of amides is 2. The molecule has 4 rings (SSSR count). The molecule has 0 spiro atoms. The van der Waals surface area contributed by atoms with E-state index in [1.54, 1.807) is 18.2 Å². The van der Waals surface area contributed by atoms with Crippen molar-refractivity contribution in [2.24, 2.45) is 0 Å². The van der Waals surface area contributed by atoms with Gasteiger partial charge in [0.2, 0.25) is 5.91 Å². The van der Waals surface area contributed by atoms with Gasteiger partial charge in [-0.1, -0.05) is 18.2 Å². The highest BCUT2D eigenvalue weighted by Gasteiger charge is 2.16. The Morgan fingerprint density at radius 3 is 3.00 bits per heavy atom. The fourth-order valence-corrected chi connectivity index (χ4v) is 2.81. The van der Waals surface area contributed by atoms with Crippen LogP contribution in [-0.2, 0) is 16.0 Å². The van der Waals surface area contributed by atoms with E-state index in [2.05, 4.69) is 15.6 Å². The molecule has 0 atom stereocenters. The van der Waals surface area contributed by atoms with Gasteiger partial charge in [0, 0.05) is 28.9 Å². The van der Waals surface area contributed by atoms with Gasteiger partial charge in [0.25, 0.3) is 5.91 Å². The Morgan fingerprint density at radius 2 is 2.08 bits per heavy atom. The predicted molar refractivity (Wildman–Crippen MR) is 91.2 cm³/mol. The van der Waals surface area contributed by atoms with E-state index in [0.717, 1.165) is 16.5 Å². The molecule has 0 bridgehead atoms. The van der Waals surface area contributed by atoms with Gasteiger partial charge in [-0.15, -0.1) is 0 Å². The van der Waals surface area contributed by atoms with Crippen LogP contribution in [0.3, 0.4) is 0 Å². The first-order valence-electron chi connectivity index (χ1n) is 7.60. The molecule has 1 aromatic heterocycles. The lowest BCUT2D eigenvalue weighted by Gasteiger charge is -2.18. The zero-order chi connectivity index (χ0) is 16.5. The van der Waals surface area contributed by atoms with Gasteiger partial charge in [-0.3, -0.25) is 9.59 Å². The number of anilines is 2. The van der Waals surface area contributed by atoms with Crippen LogP contribution >= 0.6 is 0 Å². The van der Waals surface area contributed by atoms with Crippen LogP contribution in [0.15, 0.2) is 48.7 Å². The molecule has 2 aromatic carbocycles. The molecule has 3 aromatic rings. The number of carbonyl (C=O) groups excluding carboxylic acids is 2. The zero-order valence-electron chi connectivity index (χ0n) is 12.8. The molecule has 0 unspecified atom stereocenters. The van der Waals surface area contributed by atoms with Gasteiger partial charge < -0.3 is 20.4 Å². The lowest BCUT2D eigenvalue weighted by atomic mass is 10.1. The smallest absolute Gasteiger partial charge is 0.262 e. The van der Waals surface area contributed by atoms with Crippen molar-refractivity contribution in [3.05, 3.63) is 54.2 Å². The molecule has 3 N–H and O–H groups in total. The second-order valence-corrected chi connectivity index (χ2v) is 5.63. The van der Waals surface area contributed by atoms with E-state index in [-0.39, 0.29) is 24.8 Å². The minimum absolute atomic E-state index is 0.0141. The number of benzene rings is 2. The van der Waals surface area contributed by atoms with Gasteiger partial charge in [0.05, 0.1) is 12.1 Å². The molecule has 1 aliphatic heterocycles. The number of carbonyl (C=O) groups is 2. The summed E-state index contributed by atoms with van der Waals surface area (Å²) in [6.45, 7) is -0.0141. The molecular formula is C18H15N3O3. The maximum atomic E-state index is 12.3. The van der Waals surface area contributed by atoms with Crippen molar-refractivity contribution in [2.45, 2.75) is 6.42 Å². The van der Waals surface area contributed by atoms with Crippen molar-refractivity contribution in [1.82, 2.24) is 4.98 Å². The first-order chi connectivity index (χ1) is 11.7. The summed E-state index contributed by atoms with van der Waals surface area (Å²) >= 11 is 0. The van der Waals surface area contributed by atoms with Gasteiger partial charge in [-0.05, 0) is 23.8 Å². The van der Waals surface area contributed by atoms with Crippen LogP contribution in [0.4, 0.5) is 11.4 Å². The molecule has 120 valence electrons. The Balaban J connectivity index is 1.49. The lowest BCUT2D eigenvalue weighted by molar-refractivity contribution is -0.118. The Labute approximate surface area is 137 Å². The Morgan fingerprint density at radius 1 is 1.21 bits per heavy atom. The van der Waals surface area contributed by atoms with E-state index < -0.39 is 0 Å². The molecule has 0 saturated carbocycles. The van der Waals surface area contributed by atoms with Crippen molar-refractivity contribution in [3.63, 3.8) is 0 Å². The number of H-pyrrole nitrogens is 1. The predicted octanol–water partition coefficient (Wildman–Crippen LogP) is 2.68. The Hall–Kier alpha value is -3.28. The quantitative estimate of drug-likeness (QED) is 0.693. The number of para-hydroxylation sites is 1. The summed E-state index contributed by atoms with van der Waals surface area (Å²) in [4.78, 5) is 26.7. The minimum atomic E-state index is -0.182. The Kier molecular flexibility index (Phi) is 3.42. The number of ether oxygens (including phenoxy) is 1. The third kappa shape index (κ3) is 2.69. The molecule has 24 heavy (non-hydrogen) atoms. The topological polar surface area (TPSA) is 83.2 Å². The lowest BCUT2D eigenvalue weighted by Crippen LogP contribution is -2.25. The molecule has 2 heterocycles. The SMILES string of the molecule is O=C(Cc1c[nH]c2ccccc12)Nc1ccc2c(c1)OCC(=O)N2. The van der Waals surface area contributed by atoms with E-state index in [4.69, 9.17) is 4.74 Å². The van der Waals surface area contributed by atoms with Crippen LogP contribution in [0.1, 0.15) is 5.56 Å². The standard InChI is InChI=1S/C18H15N3O3/c22-17(7-11-9-19-14-4-2-1-3-13(11)14)20-12-5-6-15-16(8-12)24-10-18(23)21-15/h1-6,8-9,19H,7,10H2,(H,20,22)(H,21,23). The average Bonchev–Trinajstić information content (AvgIpc) is 2.98. The first kappa shape index (κ1) is 14.3. The van der Waals surface area contributed by atoms with Crippen molar-refractivity contribution in [3.8, 4) is 5.75 Å². The second-order valence-electron chi connectivity index (χ2n) is 5.63. The number of hydrogen-bond donors (Lipinski definition) is 3.